The molecule has 2 aromatic rings. The first-order chi connectivity index (χ1) is 17.6. The number of hydrazine groups is 2. The Morgan fingerprint density at radius 1 is 1.24 bits per heavy atom. The maximum absolute atomic E-state index is 12.5. The molecule has 1 aromatic heterocycles. The number of hydrogen-bond acceptors (Lipinski definition) is 11. The fourth-order valence-electron chi connectivity index (χ4n) is 4.22. The minimum absolute atomic E-state index is 0.170. The number of rotatable bonds is 8. The van der Waals surface area contributed by atoms with Gasteiger partial charge in [-0.3, -0.25) is 10.4 Å². The van der Waals surface area contributed by atoms with Crippen LogP contribution in [0.15, 0.2) is 41.4 Å². The quantitative estimate of drug-likeness (QED) is 0.372. The largest absolute Gasteiger partial charge is 0.457 e. The average Bonchev–Trinajstić information content (AvgIpc) is 3.23. The van der Waals surface area contributed by atoms with Crippen LogP contribution >= 0.6 is 10.7 Å². The van der Waals surface area contributed by atoms with E-state index in [1.54, 1.807) is 25.3 Å². The van der Waals surface area contributed by atoms with Crippen molar-refractivity contribution in [2.75, 3.05) is 42.9 Å². The molecule has 0 spiro atoms. The van der Waals surface area contributed by atoms with Gasteiger partial charge in [-0.1, -0.05) is 19.1 Å². The van der Waals surface area contributed by atoms with E-state index in [-0.39, 0.29) is 22.2 Å². The van der Waals surface area contributed by atoms with Gasteiger partial charge in [0.15, 0.2) is 9.84 Å². The smallest absolute Gasteiger partial charge is 0.376 e. The van der Waals surface area contributed by atoms with Crippen LogP contribution < -0.4 is 16.2 Å². The van der Waals surface area contributed by atoms with Gasteiger partial charge in [-0.15, -0.1) is 0 Å². The highest BCUT2D eigenvalue weighted by molar-refractivity contribution is 8.25. The number of ether oxygens (including phenoxy) is 1. The lowest BCUT2D eigenvalue weighted by atomic mass is 10.1. The van der Waals surface area contributed by atoms with Crippen molar-refractivity contribution < 1.29 is 17.9 Å². The number of carbonyl (C=O) groups excluding carboxylic acids is 1. The fourth-order valence-corrected chi connectivity index (χ4v) is 6.63. The SMILES string of the molecule is CCOC(=O)S1=CC(C)CN1Nc1nccc(N(Cc2ccc(S(C)(=O)=O)cc2)N2CCC(N)CC2)n1. The number of aromatic nitrogens is 2. The molecule has 1 aromatic carbocycles. The number of hydrogen-bond donors (Lipinski definition) is 2. The molecule has 4 rings (SSSR count). The molecule has 3 N–H and O–H groups in total. The van der Waals surface area contributed by atoms with Crippen LogP contribution in [-0.4, -0.2) is 77.0 Å². The number of nitrogens with zero attached hydrogens (tertiary/aromatic N) is 5. The predicted octanol–water partition coefficient (Wildman–Crippen LogP) is 2.65. The summed E-state index contributed by atoms with van der Waals surface area (Å²) in [5.41, 5.74) is 10.3. The van der Waals surface area contributed by atoms with Crippen LogP contribution in [0.3, 0.4) is 0 Å². The topological polar surface area (TPSA) is 134 Å². The van der Waals surface area contributed by atoms with E-state index in [0.29, 0.717) is 31.5 Å². The average molecular weight is 550 g/mol. The van der Waals surface area contributed by atoms with Crippen molar-refractivity contribution in [2.24, 2.45) is 11.7 Å². The Labute approximate surface area is 220 Å². The number of sulfone groups is 1. The first kappa shape index (κ1) is 27.5. The molecule has 0 bridgehead atoms. The van der Waals surface area contributed by atoms with Crippen molar-refractivity contribution in [3.8, 4) is 0 Å². The molecule has 0 amide bonds. The fraction of sp³-hybridized carbons (Fsp3) is 0.500. The summed E-state index contributed by atoms with van der Waals surface area (Å²) < 4.78 is 30.8. The molecule has 202 valence electrons. The molecule has 1 fully saturated rings. The van der Waals surface area contributed by atoms with E-state index in [4.69, 9.17) is 15.5 Å². The molecule has 0 aliphatic carbocycles. The number of nitrogens with one attached hydrogen (secondary N) is 1. The van der Waals surface area contributed by atoms with Crippen LogP contribution in [0.2, 0.25) is 0 Å². The van der Waals surface area contributed by atoms with Crippen LogP contribution in [0.25, 0.3) is 0 Å². The standard InChI is InChI=1S/C24H35N7O4S2/c1-4-35-24(32)36-17-18(2)15-31(36)28-23-26-12-9-22(27-23)30(29-13-10-20(25)11-14-29)16-19-5-7-21(8-6-19)37(3,33)34/h5-9,12,17-18,20H,4,10-11,13-16,25H2,1-3H3,(H,26,27,28). The van der Waals surface area contributed by atoms with E-state index < -0.39 is 20.5 Å². The number of carbonyl (C=O) groups is 1. The summed E-state index contributed by atoms with van der Waals surface area (Å²) in [7, 11) is -4.11. The number of anilines is 2. The van der Waals surface area contributed by atoms with Crippen molar-refractivity contribution in [2.45, 2.75) is 44.2 Å². The van der Waals surface area contributed by atoms with Crippen molar-refractivity contribution >= 4 is 42.9 Å². The van der Waals surface area contributed by atoms with Gasteiger partial charge in [0.05, 0.1) is 18.0 Å². The van der Waals surface area contributed by atoms with Gasteiger partial charge in [-0.25, -0.2) is 23.2 Å². The number of benzene rings is 1. The van der Waals surface area contributed by atoms with E-state index in [9.17, 15) is 13.2 Å². The summed E-state index contributed by atoms with van der Waals surface area (Å²) in [6, 6.07) is 8.92. The maximum Gasteiger partial charge on any atom is 0.376 e. The maximum atomic E-state index is 12.5. The second-order valence-corrected chi connectivity index (χ2v) is 13.0. The zero-order valence-electron chi connectivity index (χ0n) is 21.4. The second kappa shape index (κ2) is 11.9. The van der Waals surface area contributed by atoms with Gasteiger partial charge in [-0.2, -0.15) is 9.40 Å². The molecule has 0 saturated carbocycles. The van der Waals surface area contributed by atoms with Crippen molar-refractivity contribution in [3.05, 3.63) is 42.1 Å². The molecule has 37 heavy (non-hydrogen) atoms. The summed E-state index contributed by atoms with van der Waals surface area (Å²) in [6.07, 6.45) is 4.62. The number of piperidine rings is 1. The van der Waals surface area contributed by atoms with Crippen LogP contribution in [-0.2, 0) is 21.1 Å². The first-order valence-corrected chi connectivity index (χ1v) is 15.5. The van der Waals surface area contributed by atoms with Crippen LogP contribution in [0.1, 0.15) is 32.3 Å². The van der Waals surface area contributed by atoms with Gasteiger partial charge >= 0.3 is 5.30 Å². The van der Waals surface area contributed by atoms with Gasteiger partial charge in [0.25, 0.3) is 0 Å². The molecular formula is C24H35N7O4S2. The minimum Gasteiger partial charge on any atom is -0.457 e. The molecule has 0 radical (unpaired) electrons. The Bertz CT molecular complexity index is 1230. The Hall–Kier alpha value is -2.58. The minimum atomic E-state index is -3.27. The number of nitrogens with two attached hydrogens (primary N) is 1. The Morgan fingerprint density at radius 2 is 1.95 bits per heavy atom. The third-order valence-corrected chi connectivity index (χ3v) is 9.18. The van der Waals surface area contributed by atoms with Crippen LogP contribution in [0, 0.1) is 5.92 Å². The monoisotopic (exact) mass is 549 g/mol. The first-order valence-electron chi connectivity index (χ1n) is 12.3. The summed E-state index contributed by atoms with van der Waals surface area (Å²) >= 11 is 0. The van der Waals surface area contributed by atoms with Gasteiger partial charge in [0, 0.05) is 54.9 Å². The summed E-state index contributed by atoms with van der Waals surface area (Å²) in [4.78, 5) is 21.9. The zero-order chi connectivity index (χ0) is 26.6. The van der Waals surface area contributed by atoms with E-state index in [1.165, 1.54) is 6.26 Å². The third kappa shape index (κ3) is 7.05. The summed E-state index contributed by atoms with van der Waals surface area (Å²) in [5.74, 6) is 1.28. The lowest BCUT2D eigenvalue weighted by Crippen LogP contribution is -2.49. The highest BCUT2D eigenvalue weighted by atomic mass is 32.2. The van der Waals surface area contributed by atoms with Crippen LogP contribution in [0.4, 0.5) is 16.6 Å². The highest BCUT2D eigenvalue weighted by Gasteiger charge is 2.28. The zero-order valence-corrected chi connectivity index (χ0v) is 23.0. The predicted molar refractivity (Wildman–Crippen MR) is 147 cm³/mol. The van der Waals surface area contributed by atoms with Crippen LogP contribution in [0.5, 0.6) is 0 Å². The lowest BCUT2D eigenvalue weighted by molar-refractivity contribution is 0.180. The lowest BCUT2D eigenvalue weighted by Gasteiger charge is -2.40. The third-order valence-electron chi connectivity index (χ3n) is 6.16. The summed E-state index contributed by atoms with van der Waals surface area (Å²) in [5, 5.41) is 6.00. The normalized spacial score (nSPS) is 21.4. The molecular weight excluding hydrogens is 514 g/mol. The molecule has 2 atom stereocenters. The summed E-state index contributed by atoms with van der Waals surface area (Å²) in [6.45, 7) is 6.86. The molecule has 11 nitrogen and oxygen atoms in total. The van der Waals surface area contributed by atoms with Gasteiger partial charge in [0.1, 0.15) is 5.82 Å². The molecule has 13 heteroatoms. The van der Waals surface area contributed by atoms with E-state index in [0.717, 1.165) is 31.5 Å². The van der Waals surface area contributed by atoms with E-state index >= 15 is 0 Å². The second-order valence-electron chi connectivity index (χ2n) is 9.29. The molecule has 3 heterocycles. The highest BCUT2D eigenvalue weighted by Crippen LogP contribution is 2.31. The van der Waals surface area contributed by atoms with Gasteiger partial charge in [-0.05, 0) is 48.7 Å². The molecule has 2 unspecified atom stereocenters. The van der Waals surface area contributed by atoms with Crippen molar-refractivity contribution in [1.82, 2.24) is 19.4 Å². The Morgan fingerprint density at radius 3 is 2.59 bits per heavy atom. The molecule has 2 aliphatic heterocycles. The Balaban J connectivity index is 1.57. The van der Waals surface area contributed by atoms with E-state index in [1.807, 2.05) is 28.0 Å². The Kier molecular flexibility index (Phi) is 8.80. The molecule has 1 saturated heterocycles. The van der Waals surface area contributed by atoms with Crippen molar-refractivity contribution in [3.63, 3.8) is 0 Å². The molecule has 2 aliphatic rings. The van der Waals surface area contributed by atoms with Gasteiger partial charge in [0.2, 0.25) is 5.95 Å². The van der Waals surface area contributed by atoms with Crippen molar-refractivity contribution in [1.29, 1.82) is 0 Å². The van der Waals surface area contributed by atoms with Gasteiger partial charge < -0.3 is 10.5 Å². The van der Waals surface area contributed by atoms with E-state index in [2.05, 4.69) is 27.4 Å².